The molecular weight excluding hydrogens is 618 g/mol. The van der Waals surface area contributed by atoms with Gasteiger partial charge in [0.1, 0.15) is 5.82 Å². The summed E-state index contributed by atoms with van der Waals surface area (Å²) in [5.74, 6) is -0.285. The van der Waals surface area contributed by atoms with Crippen molar-refractivity contribution in [2.24, 2.45) is 0 Å². The monoisotopic (exact) mass is 647 g/mol. The number of benzene rings is 8. The second-order valence-corrected chi connectivity index (χ2v) is 13.3. The zero-order valence-corrected chi connectivity index (χ0v) is 27.4. The third-order valence-electron chi connectivity index (χ3n) is 9.33. The molecule has 3 heteroatoms. The minimum Gasteiger partial charge on any atom is -0.307 e. The van der Waals surface area contributed by atoms with Crippen molar-refractivity contribution in [1.82, 2.24) is 0 Å². The topological polar surface area (TPSA) is 3.24 Å². The largest absolute Gasteiger partial charge is 0.307 e. The molecule has 1 aromatic heterocycles. The summed E-state index contributed by atoms with van der Waals surface area (Å²) < 4.78 is 19.6. The molecule has 232 valence electrons. The normalized spacial score (nSPS) is 11.4. The Bertz CT molecular complexity index is 2600. The highest BCUT2D eigenvalue weighted by Gasteiger charge is 2.24. The van der Waals surface area contributed by atoms with E-state index in [-0.39, 0.29) is 5.82 Å². The first-order valence-electron chi connectivity index (χ1n) is 16.5. The van der Waals surface area contributed by atoms with E-state index >= 15 is 4.39 Å². The summed E-state index contributed by atoms with van der Waals surface area (Å²) in [6, 6.07) is 62.3. The van der Waals surface area contributed by atoms with Crippen LogP contribution in [0.5, 0.6) is 0 Å². The number of nitrogens with zero attached hydrogens (tertiary/aromatic N) is 1. The lowest BCUT2D eigenvalue weighted by Gasteiger charge is -2.30. The van der Waals surface area contributed by atoms with E-state index in [0.29, 0.717) is 5.69 Å². The van der Waals surface area contributed by atoms with Crippen LogP contribution in [0.1, 0.15) is 0 Å². The summed E-state index contributed by atoms with van der Waals surface area (Å²) in [4.78, 5) is 2.10. The predicted octanol–water partition coefficient (Wildman–Crippen LogP) is 13.8. The molecule has 0 amide bonds. The second kappa shape index (κ2) is 12.2. The van der Waals surface area contributed by atoms with Crippen molar-refractivity contribution in [3.8, 4) is 33.4 Å². The second-order valence-electron chi connectivity index (χ2n) is 12.2. The minimum atomic E-state index is -0.285. The van der Waals surface area contributed by atoms with E-state index in [1.54, 1.807) is 6.07 Å². The van der Waals surface area contributed by atoms with Gasteiger partial charge in [0.05, 0.1) is 11.4 Å². The quantitative estimate of drug-likeness (QED) is 0.174. The molecule has 9 rings (SSSR count). The van der Waals surface area contributed by atoms with Crippen LogP contribution in [0.15, 0.2) is 182 Å². The molecule has 0 atom stereocenters. The van der Waals surface area contributed by atoms with E-state index in [0.717, 1.165) is 50.0 Å². The summed E-state index contributed by atoms with van der Waals surface area (Å²) in [6.45, 7) is 0. The van der Waals surface area contributed by atoms with E-state index in [9.17, 15) is 0 Å². The summed E-state index contributed by atoms with van der Waals surface area (Å²) in [5, 5.41) is 4.70. The molecule has 1 nitrogen and oxygen atoms in total. The maximum absolute atomic E-state index is 17.1. The van der Waals surface area contributed by atoms with Crippen LogP contribution < -0.4 is 4.90 Å². The molecule has 0 saturated carbocycles. The van der Waals surface area contributed by atoms with Gasteiger partial charge in [0.2, 0.25) is 0 Å². The highest BCUT2D eigenvalue weighted by molar-refractivity contribution is 7.26. The molecule has 0 N–H and O–H groups in total. The molecule has 9 aromatic rings. The first kappa shape index (κ1) is 29.1. The average molecular weight is 648 g/mol. The molecule has 0 saturated heterocycles. The Kier molecular flexibility index (Phi) is 7.26. The number of rotatable bonds is 6. The van der Waals surface area contributed by atoms with Gasteiger partial charge in [0, 0.05) is 36.8 Å². The third kappa shape index (κ3) is 5.16. The Balaban J connectivity index is 1.27. The van der Waals surface area contributed by atoms with Crippen LogP contribution in [0.4, 0.5) is 21.5 Å². The first-order valence-corrected chi connectivity index (χ1v) is 17.3. The van der Waals surface area contributed by atoms with Gasteiger partial charge in [-0.3, -0.25) is 0 Å². The van der Waals surface area contributed by atoms with Crippen LogP contribution >= 0.6 is 11.3 Å². The number of halogens is 1. The van der Waals surface area contributed by atoms with Gasteiger partial charge in [0.15, 0.2) is 0 Å². The summed E-state index contributed by atoms with van der Waals surface area (Å²) >= 11 is 1.83. The number of thiophene rings is 1. The molecule has 1 heterocycles. The lowest BCUT2D eigenvalue weighted by atomic mass is 9.95. The van der Waals surface area contributed by atoms with E-state index in [4.69, 9.17) is 0 Å². The Morgan fingerprint density at radius 1 is 0.429 bits per heavy atom. The van der Waals surface area contributed by atoms with Crippen molar-refractivity contribution in [2.75, 3.05) is 4.90 Å². The number of anilines is 3. The van der Waals surface area contributed by atoms with Crippen LogP contribution in [-0.4, -0.2) is 0 Å². The van der Waals surface area contributed by atoms with Crippen LogP contribution in [0.3, 0.4) is 0 Å². The van der Waals surface area contributed by atoms with Gasteiger partial charge in [0.25, 0.3) is 0 Å². The van der Waals surface area contributed by atoms with E-state index in [1.807, 2.05) is 72.0 Å². The Morgan fingerprint density at radius 3 is 1.84 bits per heavy atom. The maximum Gasteiger partial charge on any atom is 0.148 e. The molecule has 0 unspecified atom stereocenters. The van der Waals surface area contributed by atoms with Crippen LogP contribution in [0.25, 0.3) is 64.3 Å². The molecule has 0 aliphatic rings. The van der Waals surface area contributed by atoms with Crippen LogP contribution in [0.2, 0.25) is 0 Å². The Labute approximate surface area is 288 Å². The van der Waals surface area contributed by atoms with E-state index in [1.165, 1.54) is 25.7 Å². The standard InChI is InChI=1S/C46H30FNS/c47-42-30-35(31-13-3-1-4-14-31)29-41(33-15-5-2-6-16-33)45(42)48(43-23-11-18-32-17-7-8-19-37(32)43)36-27-25-34(26-28-36)38-21-12-22-40-39-20-9-10-24-44(39)49-46(38)40/h1-30H. The minimum absolute atomic E-state index is 0.285. The highest BCUT2D eigenvalue weighted by atomic mass is 32.1. The van der Waals surface area contributed by atoms with Crippen LogP contribution in [0, 0.1) is 5.82 Å². The molecule has 0 aliphatic carbocycles. The molecule has 49 heavy (non-hydrogen) atoms. The van der Waals surface area contributed by atoms with Crippen molar-refractivity contribution in [1.29, 1.82) is 0 Å². The van der Waals surface area contributed by atoms with Gasteiger partial charge in [-0.05, 0) is 69.6 Å². The zero-order chi connectivity index (χ0) is 32.7. The molecular formula is C46H30FNS. The highest BCUT2D eigenvalue weighted by Crippen LogP contribution is 2.47. The van der Waals surface area contributed by atoms with Crippen molar-refractivity contribution >= 4 is 59.3 Å². The van der Waals surface area contributed by atoms with Crippen molar-refractivity contribution < 1.29 is 4.39 Å². The average Bonchev–Trinajstić information content (AvgIpc) is 3.55. The number of fused-ring (bicyclic) bond motifs is 4. The van der Waals surface area contributed by atoms with Crippen LogP contribution in [-0.2, 0) is 0 Å². The maximum atomic E-state index is 17.1. The molecule has 0 radical (unpaired) electrons. The lowest BCUT2D eigenvalue weighted by Crippen LogP contribution is -2.14. The lowest BCUT2D eigenvalue weighted by molar-refractivity contribution is 0.630. The Morgan fingerprint density at radius 2 is 1.04 bits per heavy atom. The number of hydrogen-bond acceptors (Lipinski definition) is 2. The van der Waals surface area contributed by atoms with Crippen molar-refractivity contribution in [3.05, 3.63) is 188 Å². The van der Waals surface area contributed by atoms with E-state index < -0.39 is 0 Å². The smallest absolute Gasteiger partial charge is 0.148 e. The molecule has 0 spiro atoms. The van der Waals surface area contributed by atoms with Gasteiger partial charge in [-0.2, -0.15) is 0 Å². The fourth-order valence-corrected chi connectivity index (χ4v) is 8.26. The zero-order valence-electron chi connectivity index (χ0n) is 26.6. The summed E-state index contributed by atoms with van der Waals surface area (Å²) in [6.07, 6.45) is 0. The SMILES string of the molecule is Fc1cc(-c2ccccc2)cc(-c2ccccc2)c1N(c1ccc(-c2cccc3c2sc2ccccc23)cc1)c1cccc2ccccc12. The van der Waals surface area contributed by atoms with Gasteiger partial charge >= 0.3 is 0 Å². The summed E-state index contributed by atoms with van der Waals surface area (Å²) in [7, 11) is 0. The third-order valence-corrected chi connectivity index (χ3v) is 10.5. The van der Waals surface area contributed by atoms with Gasteiger partial charge < -0.3 is 4.90 Å². The predicted molar refractivity (Wildman–Crippen MR) is 208 cm³/mol. The van der Waals surface area contributed by atoms with Gasteiger partial charge in [-0.15, -0.1) is 11.3 Å². The fraction of sp³-hybridized carbons (Fsp3) is 0. The summed E-state index contributed by atoms with van der Waals surface area (Å²) in [5.41, 5.74) is 8.23. The molecule has 0 fully saturated rings. The fourth-order valence-electron chi connectivity index (χ4n) is 7.02. The van der Waals surface area contributed by atoms with Gasteiger partial charge in [-0.1, -0.05) is 146 Å². The van der Waals surface area contributed by atoms with Gasteiger partial charge in [-0.25, -0.2) is 4.39 Å². The molecule has 8 aromatic carbocycles. The molecule has 0 aliphatic heterocycles. The molecule has 0 bridgehead atoms. The number of hydrogen-bond donors (Lipinski definition) is 0. The van der Waals surface area contributed by atoms with E-state index in [2.05, 4.69) is 120 Å². The van der Waals surface area contributed by atoms with Crippen molar-refractivity contribution in [2.45, 2.75) is 0 Å². The Hall–Kier alpha value is -6.03. The van der Waals surface area contributed by atoms with Crippen molar-refractivity contribution in [3.63, 3.8) is 0 Å². The first-order chi connectivity index (χ1) is 24.2.